The molecule has 1 aliphatic carbocycles. The molecular formula is C23H31N. The highest BCUT2D eigenvalue weighted by Gasteiger charge is 2.22. The molecule has 0 amide bonds. The van der Waals surface area contributed by atoms with Crippen molar-refractivity contribution in [3.63, 3.8) is 0 Å². The Labute approximate surface area is 147 Å². The molecule has 1 heterocycles. The third kappa shape index (κ3) is 4.20. The maximum atomic E-state index is 2.55. The minimum Gasteiger partial charge on any atom is -0.341 e. The molecule has 0 spiro atoms. The van der Waals surface area contributed by atoms with Crippen molar-refractivity contribution in [2.45, 2.75) is 64.7 Å². The Bertz CT molecular complexity index is 621. The van der Waals surface area contributed by atoms with Crippen molar-refractivity contribution in [3.8, 4) is 0 Å². The highest BCUT2D eigenvalue weighted by atomic mass is 15.1. The first kappa shape index (κ1) is 17.1. The first-order valence-corrected chi connectivity index (χ1v) is 9.84. The standard InChI is InChI=1S/C23H31N/c1-2-3-4-5-6-7-8-13-18-24-22-16-11-9-14-20(22)19-21-15-10-12-17-23(21)24/h9-12,14,16-17,19H,2-8,13,15,18H2,1H3. The second-order valence-corrected chi connectivity index (χ2v) is 7.04. The maximum Gasteiger partial charge on any atom is 0.0484 e. The van der Waals surface area contributed by atoms with E-state index in [1.165, 1.54) is 73.9 Å². The van der Waals surface area contributed by atoms with Crippen LogP contribution in [0.1, 0.15) is 70.3 Å². The summed E-state index contributed by atoms with van der Waals surface area (Å²) in [7, 11) is 0. The summed E-state index contributed by atoms with van der Waals surface area (Å²) in [6.45, 7) is 3.43. The lowest BCUT2D eigenvalue weighted by Gasteiger charge is -2.35. The fourth-order valence-electron chi connectivity index (χ4n) is 3.78. The predicted molar refractivity (Wildman–Crippen MR) is 106 cm³/mol. The van der Waals surface area contributed by atoms with E-state index < -0.39 is 0 Å². The first-order valence-electron chi connectivity index (χ1n) is 9.84. The number of fused-ring (bicyclic) bond motifs is 2. The number of nitrogens with zero attached hydrogens (tertiary/aromatic N) is 1. The second-order valence-electron chi connectivity index (χ2n) is 7.04. The third-order valence-electron chi connectivity index (χ3n) is 5.14. The smallest absolute Gasteiger partial charge is 0.0484 e. The zero-order valence-corrected chi connectivity index (χ0v) is 15.1. The Balaban J connectivity index is 1.55. The molecule has 2 aliphatic rings. The predicted octanol–water partition coefficient (Wildman–Crippen LogP) is 6.87. The zero-order chi connectivity index (χ0) is 16.6. The molecule has 0 fully saturated rings. The fourth-order valence-corrected chi connectivity index (χ4v) is 3.78. The second kappa shape index (κ2) is 8.92. The van der Waals surface area contributed by atoms with Crippen molar-refractivity contribution >= 4 is 11.8 Å². The van der Waals surface area contributed by atoms with E-state index in [9.17, 15) is 0 Å². The lowest BCUT2D eigenvalue weighted by Crippen LogP contribution is -2.28. The van der Waals surface area contributed by atoms with Gasteiger partial charge in [-0.25, -0.2) is 0 Å². The topological polar surface area (TPSA) is 3.24 Å². The van der Waals surface area contributed by atoms with E-state index in [-0.39, 0.29) is 0 Å². The van der Waals surface area contributed by atoms with Gasteiger partial charge in [-0.2, -0.15) is 0 Å². The number of unbranched alkanes of at least 4 members (excludes halogenated alkanes) is 7. The van der Waals surface area contributed by atoms with Crippen molar-refractivity contribution in [1.29, 1.82) is 0 Å². The van der Waals surface area contributed by atoms with Gasteiger partial charge in [-0.05, 0) is 42.2 Å². The van der Waals surface area contributed by atoms with Crippen molar-refractivity contribution in [3.05, 3.63) is 59.3 Å². The summed E-state index contributed by atoms with van der Waals surface area (Å²) in [6.07, 6.45) is 21.2. The Morgan fingerprint density at radius 2 is 1.67 bits per heavy atom. The van der Waals surface area contributed by atoms with E-state index in [1.54, 1.807) is 0 Å². The summed E-state index contributed by atoms with van der Waals surface area (Å²) in [5.41, 5.74) is 5.64. The van der Waals surface area contributed by atoms with Crippen LogP contribution in [-0.4, -0.2) is 6.54 Å². The number of anilines is 1. The van der Waals surface area contributed by atoms with Gasteiger partial charge in [0.25, 0.3) is 0 Å². The van der Waals surface area contributed by atoms with Gasteiger partial charge < -0.3 is 4.90 Å². The zero-order valence-electron chi connectivity index (χ0n) is 15.1. The Morgan fingerprint density at radius 3 is 2.50 bits per heavy atom. The van der Waals surface area contributed by atoms with Gasteiger partial charge in [0.15, 0.2) is 0 Å². The molecule has 0 aromatic heterocycles. The van der Waals surface area contributed by atoms with Crippen LogP contribution in [0.25, 0.3) is 6.08 Å². The van der Waals surface area contributed by atoms with E-state index in [1.807, 2.05) is 0 Å². The number of para-hydroxylation sites is 1. The quantitative estimate of drug-likeness (QED) is 0.448. The van der Waals surface area contributed by atoms with Crippen LogP contribution < -0.4 is 4.90 Å². The molecule has 1 nitrogen and oxygen atoms in total. The third-order valence-corrected chi connectivity index (χ3v) is 5.14. The Morgan fingerprint density at radius 1 is 0.917 bits per heavy atom. The number of benzene rings is 1. The lowest BCUT2D eigenvalue weighted by atomic mass is 9.94. The number of hydrogen-bond acceptors (Lipinski definition) is 1. The number of allylic oxidation sites excluding steroid dienone is 4. The van der Waals surface area contributed by atoms with Gasteiger partial charge >= 0.3 is 0 Å². The van der Waals surface area contributed by atoms with Crippen LogP contribution in [0.3, 0.4) is 0 Å². The van der Waals surface area contributed by atoms with Crippen LogP contribution >= 0.6 is 0 Å². The average Bonchev–Trinajstić information content (AvgIpc) is 2.63. The highest BCUT2D eigenvalue weighted by Crippen LogP contribution is 2.37. The summed E-state index contributed by atoms with van der Waals surface area (Å²) in [6, 6.07) is 8.83. The van der Waals surface area contributed by atoms with Crippen LogP contribution in [0.4, 0.5) is 5.69 Å². The minimum atomic E-state index is 1.06. The molecule has 0 N–H and O–H groups in total. The van der Waals surface area contributed by atoms with Crippen molar-refractivity contribution in [2.24, 2.45) is 0 Å². The average molecular weight is 322 g/mol. The molecule has 0 radical (unpaired) electrons. The number of hydrogen-bond donors (Lipinski definition) is 0. The van der Waals surface area contributed by atoms with E-state index in [2.05, 4.69) is 60.4 Å². The van der Waals surface area contributed by atoms with E-state index in [4.69, 9.17) is 0 Å². The van der Waals surface area contributed by atoms with Gasteiger partial charge in [-0.3, -0.25) is 0 Å². The van der Waals surface area contributed by atoms with Crippen LogP contribution in [0.5, 0.6) is 0 Å². The van der Waals surface area contributed by atoms with Gasteiger partial charge in [-0.1, -0.05) is 82.2 Å². The van der Waals surface area contributed by atoms with Gasteiger partial charge in [0.2, 0.25) is 0 Å². The largest absolute Gasteiger partial charge is 0.341 e. The van der Waals surface area contributed by atoms with Gasteiger partial charge in [-0.15, -0.1) is 0 Å². The van der Waals surface area contributed by atoms with Crippen LogP contribution in [-0.2, 0) is 0 Å². The fraction of sp³-hybridized carbons (Fsp3) is 0.478. The molecular weight excluding hydrogens is 290 g/mol. The van der Waals surface area contributed by atoms with E-state index in [0.717, 1.165) is 13.0 Å². The Hall–Kier alpha value is -1.76. The summed E-state index contributed by atoms with van der Waals surface area (Å²) in [5.74, 6) is 0. The molecule has 1 aliphatic heterocycles. The van der Waals surface area contributed by atoms with Gasteiger partial charge in [0.05, 0.1) is 0 Å². The summed E-state index contributed by atoms with van der Waals surface area (Å²) >= 11 is 0. The molecule has 128 valence electrons. The summed E-state index contributed by atoms with van der Waals surface area (Å²) in [4.78, 5) is 2.55. The van der Waals surface area contributed by atoms with Crippen molar-refractivity contribution < 1.29 is 0 Å². The highest BCUT2D eigenvalue weighted by molar-refractivity contribution is 5.80. The number of rotatable bonds is 9. The van der Waals surface area contributed by atoms with E-state index >= 15 is 0 Å². The summed E-state index contributed by atoms with van der Waals surface area (Å²) in [5, 5.41) is 0. The Kier molecular flexibility index (Phi) is 6.34. The maximum absolute atomic E-state index is 2.55. The minimum absolute atomic E-state index is 1.06. The molecule has 3 rings (SSSR count). The normalized spacial score (nSPS) is 15.6. The van der Waals surface area contributed by atoms with Crippen LogP contribution in [0, 0.1) is 0 Å². The SMILES string of the molecule is CCCCCCCCCCN1C2=CC=CCC2=Cc2ccccc21. The molecule has 24 heavy (non-hydrogen) atoms. The first-order chi connectivity index (χ1) is 11.9. The molecule has 1 heteroatoms. The monoisotopic (exact) mass is 321 g/mol. The molecule has 0 unspecified atom stereocenters. The summed E-state index contributed by atoms with van der Waals surface area (Å²) < 4.78 is 0. The molecule has 0 atom stereocenters. The van der Waals surface area contributed by atoms with Gasteiger partial charge in [0.1, 0.15) is 0 Å². The molecule has 0 bridgehead atoms. The van der Waals surface area contributed by atoms with Crippen LogP contribution in [0.2, 0.25) is 0 Å². The van der Waals surface area contributed by atoms with Crippen molar-refractivity contribution in [1.82, 2.24) is 0 Å². The lowest BCUT2D eigenvalue weighted by molar-refractivity contribution is 0.575. The molecule has 1 aromatic rings. The molecule has 0 saturated carbocycles. The van der Waals surface area contributed by atoms with E-state index in [0.29, 0.717) is 0 Å². The molecule has 1 aromatic carbocycles. The van der Waals surface area contributed by atoms with Crippen molar-refractivity contribution in [2.75, 3.05) is 11.4 Å². The van der Waals surface area contributed by atoms with Crippen LogP contribution in [0.15, 0.2) is 53.8 Å². The molecule has 0 saturated heterocycles. The van der Waals surface area contributed by atoms with Gasteiger partial charge in [0, 0.05) is 17.9 Å².